The predicted octanol–water partition coefficient (Wildman–Crippen LogP) is 0.788. The number of nitrogens with one attached hydrogen (secondary N) is 1. The molecule has 4 heterocycles. The van der Waals surface area contributed by atoms with Crippen molar-refractivity contribution in [2.45, 2.75) is 37.8 Å². The number of nitrogens with zero attached hydrogens (tertiary/aromatic N) is 3. The van der Waals surface area contributed by atoms with Crippen LogP contribution in [0.25, 0.3) is 0 Å². The minimum absolute atomic E-state index is 0.0983. The van der Waals surface area contributed by atoms with Gasteiger partial charge in [-0.1, -0.05) is 6.07 Å². The summed E-state index contributed by atoms with van der Waals surface area (Å²) in [5.74, 6) is 0.265. The first-order valence-electron chi connectivity index (χ1n) is 9.78. The van der Waals surface area contributed by atoms with E-state index >= 15 is 0 Å². The van der Waals surface area contributed by atoms with Crippen molar-refractivity contribution in [1.29, 1.82) is 0 Å². The molecule has 0 spiro atoms. The van der Waals surface area contributed by atoms with E-state index in [4.69, 9.17) is 0 Å². The molecule has 3 saturated heterocycles. The van der Waals surface area contributed by atoms with Crippen LogP contribution in [0.1, 0.15) is 24.1 Å². The van der Waals surface area contributed by atoms with E-state index < -0.39 is 0 Å². The largest absolute Gasteiger partial charge is 0.339 e. The van der Waals surface area contributed by atoms with Crippen LogP contribution in [0.4, 0.5) is 0 Å². The summed E-state index contributed by atoms with van der Waals surface area (Å²) in [4.78, 5) is 33.2. The Kier molecular flexibility index (Phi) is 5.57. The smallest absolute Gasteiger partial charge is 0.245 e. The van der Waals surface area contributed by atoms with E-state index in [0.717, 1.165) is 70.0 Å². The maximum atomic E-state index is 13.1. The summed E-state index contributed by atoms with van der Waals surface area (Å²) >= 11 is 1.61. The number of carbonyl (C=O) groups excluding carboxylic acids is 2. The van der Waals surface area contributed by atoms with Crippen molar-refractivity contribution in [3.05, 3.63) is 22.4 Å². The molecular weight excluding hydrogens is 348 g/mol. The van der Waals surface area contributed by atoms with Gasteiger partial charge < -0.3 is 15.1 Å². The van der Waals surface area contributed by atoms with Gasteiger partial charge in [-0.25, -0.2) is 0 Å². The molecule has 0 aromatic carbocycles. The normalized spacial score (nSPS) is 27.2. The highest BCUT2D eigenvalue weighted by Crippen LogP contribution is 2.24. The second-order valence-electron chi connectivity index (χ2n) is 7.51. The highest BCUT2D eigenvalue weighted by molar-refractivity contribution is 7.10. The van der Waals surface area contributed by atoms with Crippen LogP contribution in [-0.4, -0.2) is 84.4 Å². The Balaban J connectivity index is 1.35. The van der Waals surface area contributed by atoms with E-state index in [1.807, 2.05) is 27.3 Å². The summed E-state index contributed by atoms with van der Waals surface area (Å²) in [5.41, 5.74) is 0. The van der Waals surface area contributed by atoms with Crippen LogP contribution in [0.5, 0.6) is 0 Å². The van der Waals surface area contributed by atoms with Gasteiger partial charge in [0.05, 0.1) is 6.42 Å². The van der Waals surface area contributed by atoms with E-state index in [1.54, 1.807) is 11.3 Å². The molecule has 3 fully saturated rings. The number of amides is 2. The van der Waals surface area contributed by atoms with Crippen LogP contribution in [-0.2, 0) is 16.0 Å². The zero-order valence-electron chi connectivity index (χ0n) is 15.2. The van der Waals surface area contributed by atoms with Gasteiger partial charge in [0.2, 0.25) is 11.8 Å². The van der Waals surface area contributed by atoms with Crippen molar-refractivity contribution in [2.75, 3.05) is 45.8 Å². The highest BCUT2D eigenvalue weighted by Gasteiger charge is 2.39. The number of thiophene rings is 1. The molecule has 2 unspecified atom stereocenters. The molecule has 0 saturated carbocycles. The van der Waals surface area contributed by atoms with Crippen molar-refractivity contribution >= 4 is 23.2 Å². The van der Waals surface area contributed by atoms with E-state index in [1.165, 1.54) is 0 Å². The molecule has 26 heavy (non-hydrogen) atoms. The third-order valence-corrected chi connectivity index (χ3v) is 6.78. The van der Waals surface area contributed by atoms with Gasteiger partial charge in [-0.3, -0.25) is 14.5 Å². The molecule has 4 rings (SSSR count). The molecule has 1 aromatic rings. The first kappa shape index (κ1) is 17.9. The molecule has 0 aliphatic carbocycles. The second-order valence-corrected chi connectivity index (χ2v) is 8.55. The Hall–Kier alpha value is -1.44. The molecule has 1 aromatic heterocycles. The van der Waals surface area contributed by atoms with E-state index in [-0.39, 0.29) is 17.9 Å². The molecule has 142 valence electrons. The summed E-state index contributed by atoms with van der Waals surface area (Å²) in [6.45, 7) is 6.59. The zero-order chi connectivity index (χ0) is 17.9. The first-order valence-corrected chi connectivity index (χ1v) is 10.7. The minimum atomic E-state index is -0.246. The highest BCUT2D eigenvalue weighted by atomic mass is 32.1. The van der Waals surface area contributed by atoms with Crippen molar-refractivity contribution in [1.82, 2.24) is 20.0 Å². The number of carbonyl (C=O) groups is 2. The van der Waals surface area contributed by atoms with Gasteiger partial charge in [-0.15, -0.1) is 11.3 Å². The van der Waals surface area contributed by atoms with E-state index in [2.05, 4.69) is 10.2 Å². The lowest BCUT2D eigenvalue weighted by molar-refractivity contribution is -0.142. The molecule has 2 amide bonds. The Bertz CT molecular complexity index is 629. The first-order chi connectivity index (χ1) is 12.7. The van der Waals surface area contributed by atoms with Crippen LogP contribution in [0.15, 0.2) is 17.5 Å². The summed E-state index contributed by atoms with van der Waals surface area (Å²) in [6, 6.07) is 4.20. The summed E-state index contributed by atoms with van der Waals surface area (Å²) in [7, 11) is 0. The van der Waals surface area contributed by atoms with E-state index in [0.29, 0.717) is 12.5 Å². The molecular formula is C19H28N4O2S. The van der Waals surface area contributed by atoms with E-state index in [9.17, 15) is 9.59 Å². The number of rotatable bonds is 4. The van der Waals surface area contributed by atoms with Crippen molar-refractivity contribution in [2.24, 2.45) is 0 Å². The monoisotopic (exact) mass is 376 g/mol. The molecule has 0 bridgehead atoms. The molecule has 2 atom stereocenters. The van der Waals surface area contributed by atoms with Gasteiger partial charge in [-0.2, -0.15) is 0 Å². The van der Waals surface area contributed by atoms with Gasteiger partial charge in [0, 0.05) is 56.7 Å². The van der Waals surface area contributed by atoms with Gasteiger partial charge in [0.1, 0.15) is 6.04 Å². The van der Waals surface area contributed by atoms with Crippen LogP contribution < -0.4 is 5.32 Å². The predicted molar refractivity (Wildman–Crippen MR) is 102 cm³/mol. The molecule has 1 N–H and O–H groups in total. The van der Waals surface area contributed by atoms with Crippen molar-refractivity contribution in [3.8, 4) is 0 Å². The lowest BCUT2D eigenvalue weighted by atomic mass is 10.2. The number of hydrogen-bond acceptors (Lipinski definition) is 5. The molecule has 0 radical (unpaired) electrons. The van der Waals surface area contributed by atoms with Crippen LogP contribution in [0.2, 0.25) is 0 Å². The molecule has 3 aliphatic heterocycles. The Morgan fingerprint density at radius 3 is 2.77 bits per heavy atom. The summed E-state index contributed by atoms with van der Waals surface area (Å²) < 4.78 is 0. The Morgan fingerprint density at radius 1 is 1.15 bits per heavy atom. The Morgan fingerprint density at radius 2 is 2.00 bits per heavy atom. The van der Waals surface area contributed by atoms with Crippen molar-refractivity contribution < 1.29 is 9.59 Å². The fourth-order valence-corrected chi connectivity index (χ4v) is 5.18. The molecule has 7 heteroatoms. The maximum Gasteiger partial charge on any atom is 0.245 e. The zero-order valence-corrected chi connectivity index (χ0v) is 16.0. The number of likely N-dealkylation sites (tertiary alicyclic amines) is 2. The van der Waals surface area contributed by atoms with Crippen molar-refractivity contribution in [3.63, 3.8) is 0 Å². The standard InChI is InChI=1S/C19H28N4O2S/c24-18(13-16-3-2-12-26-16)23-8-1-4-17(23)19(25)22-9-5-15(14-22)21-10-6-20-7-11-21/h2-3,12,15,17,20H,1,4-11,13-14H2. The topological polar surface area (TPSA) is 55.9 Å². The third-order valence-electron chi connectivity index (χ3n) is 5.91. The molecule has 3 aliphatic rings. The average molecular weight is 377 g/mol. The molecule has 6 nitrogen and oxygen atoms in total. The summed E-state index contributed by atoms with van der Waals surface area (Å²) in [6.07, 6.45) is 3.22. The summed E-state index contributed by atoms with van der Waals surface area (Å²) in [5, 5.41) is 5.38. The van der Waals surface area contributed by atoms with Gasteiger partial charge in [0.15, 0.2) is 0 Å². The lowest BCUT2D eigenvalue weighted by Crippen LogP contribution is -2.51. The minimum Gasteiger partial charge on any atom is -0.339 e. The van der Waals surface area contributed by atoms with Gasteiger partial charge >= 0.3 is 0 Å². The maximum absolute atomic E-state index is 13.1. The number of piperazine rings is 1. The average Bonchev–Trinajstić information content (AvgIpc) is 3.42. The fraction of sp³-hybridized carbons (Fsp3) is 0.684. The van der Waals surface area contributed by atoms with Crippen LogP contribution >= 0.6 is 11.3 Å². The SMILES string of the molecule is O=C(C1CCCN1C(=O)Cc1cccs1)N1CCC(N2CCNCC2)C1. The second kappa shape index (κ2) is 8.06. The fourth-order valence-electron chi connectivity index (χ4n) is 4.48. The van der Waals surface area contributed by atoms with Crippen LogP contribution in [0.3, 0.4) is 0 Å². The quantitative estimate of drug-likeness (QED) is 0.844. The van der Waals surface area contributed by atoms with Crippen LogP contribution in [0, 0.1) is 0 Å². The lowest BCUT2D eigenvalue weighted by Gasteiger charge is -2.33. The number of hydrogen-bond donors (Lipinski definition) is 1. The van der Waals surface area contributed by atoms with Gasteiger partial charge in [-0.05, 0) is 30.7 Å². The third kappa shape index (κ3) is 3.80. The van der Waals surface area contributed by atoms with Gasteiger partial charge in [0.25, 0.3) is 0 Å². The Labute approximate surface area is 159 Å².